The predicted octanol–water partition coefficient (Wildman–Crippen LogP) is 3.60. The van der Waals surface area contributed by atoms with Gasteiger partial charge in [-0.05, 0) is 38.9 Å². The van der Waals surface area contributed by atoms with Gasteiger partial charge in [0, 0.05) is 51.7 Å². The van der Waals surface area contributed by atoms with Crippen LogP contribution in [0.3, 0.4) is 0 Å². The Bertz CT molecular complexity index is 540. The van der Waals surface area contributed by atoms with Gasteiger partial charge in [0.05, 0.1) is 0 Å². The molecule has 0 spiro atoms. The second-order valence-electron chi connectivity index (χ2n) is 7.02. The third kappa shape index (κ3) is 7.02. The normalized spacial score (nSPS) is 11.5. The lowest BCUT2D eigenvalue weighted by Gasteiger charge is -2.22. The maximum Gasteiger partial charge on any atom is 0.108 e. The molecule has 0 aromatic carbocycles. The van der Waals surface area contributed by atoms with E-state index in [1.54, 1.807) is 0 Å². The summed E-state index contributed by atoms with van der Waals surface area (Å²) in [4.78, 5) is 11.5. The average molecular weight is 346 g/mol. The van der Waals surface area contributed by atoms with Crippen LogP contribution in [0, 0.1) is 0 Å². The Hall–Kier alpha value is -1.62. The lowest BCUT2D eigenvalue weighted by Crippen LogP contribution is -2.28. The van der Waals surface area contributed by atoms with Gasteiger partial charge in [-0.2, -0.15) is 0 Å². The lowest BCUT2D eigenvalue weighted by molar-refractivity contribution is 0.259. The van der Waals surface area contributed by atoms with Crippen LogP contribution in [0.25, 0.3) is 0 Å². The third-order valence-corrected chi connectivity index (χ3v) is 4.92. The molecule has 0 saturated carbocycles. The number of unbranched alkanes of at least 4 members (excludes halogenated alkanes) is 3. The molecule has 0 amide bonds. The second-order valence-corrected chi connectivity index (χ2v) is 7.02. The molecule has 0 aliphatic carbocycles. The van der Waals surface area contributed by atoms with Crippen molar-refractivity contribution in [2.24, 2.45) is 14.1 Å². The first-order valence-electron chi connectivity index (χ1n) is 9.85. The summed E-state index contributed by atoms with van der Waals surface area (Å²) in [5.74, 6) is 2.39. The van der Waals surface area contributed by atoms with Crippen molar-refractivity contribution in [2.75, 3.05) is 19.6 Å². The molecule has 5 nitrogen and oxygen atoms in total. The topological polar surface area (TPSA) is 38.9 Å². The molecule has 2 rings (SSSR count). The SMILES string of the molecule is CCCCCCN(CCCc1nccn1C)CCCc1nccn1C. The van der Waals surface area contributed by atoms with Crippen molar-refractivity contribution in [3.05, 3.63) is 36.4 Å². The molecule has 0 fully saturated rings. The Morgan fingerprint density at radius 3 is 1.72 bits per heavy atom. The summed E-state index contributed by atoms with van der Waals surface area (Å²) in [7, 11) is 4.16. The lowest BCUT2D eigenvalue weighted by atomic mass is 10.2. The van der Waals surface area contributed by atoms with Crippen LogP contribution in [0.5, 0.6) is 0 Å². The van der Waals surface area contributed by atoms with Crippen LogP contribution in [0.4, 0.5) is 0 Å². The van der Waals surface area contributed by atoms with Gasteiger partial charge < -0.3 is 14.0 Å². The van der Waals surface area contributed by atoms with E-state index in [9.17, 15) is 0 Å². The van der Waals surface area contributed by atoms with Gasteiger partial charge in [0.25, 0.3) is 0 Å². The van der Waals surface area contributed by atoms with E-state index in [2.05, 4.69) is 45.0 Å². The molecule has 0 bridgehead atoms. The number of nitrogens with zero attached hydrogens (tertiary/aromatic N) is 5. The van der Waals surface area contributed by atoms with E-state index in [-0.39, 0.29) is 0 Å². The van der Waals surface area contributed by atoms with Gasteiger partial charge in [-0.1, -0.05) is 26.2 Å². The fourth-order valence-electron chi connectivity index (χ4n) is 3.29. The van der Waals surface area contributed by atoms with E-state index in [1.165, 1.54) is 69.8 Å². The summed E-state index contributed by atoms with van der Waals surface area (Å²) in [5, 5.41) is 0. The molecule has 140 valence electrons. The average Bonchev–Trinajstić information content (AvgIpc) is 3.20. The molecule has 0 aliphatic heterocycles. The summed E-state index contributed by atoms with van der Waals surface area (Å²) < 4.78 is 4.26. The summed E-state index contributed by atoms with van der Waals surface area (Å²) in [6, 6.07) is 0. The maximum absolute atomic E-state index is 4.44. The maximum atomic E-state index is 4.44. The van der Waals surface area contributed by atoms with Crippen molar-refractivity contribution in [1.29, 1.82) is 0 Å². The summed E-state index contributed by atoms with van der Waals surface area (Å²) >= 11 is 0. The first kappa shape index (κ1) is 19.7. The van der Waals surface area contributed by atoms with Gasteiger partial charge in [-0.15, -0.1) is 0 Å². The largest absolute Gasteiger partial charge is 0.338 e. The Balaban J connectivity index is 1.73. The zero-order chi connectivity index (χ0) is 17.9. The highest BCUT2D eigenvalue weighted by Gasteiger charge is 2.08. The van der Waals surface area contributed by atoms with Crippen molar-refractivity contribution in [2.45, 2.75) is 58.3 Å². The van der Waals surface area contributed by atoms with Gasteiger partial charge in [0.15, 0.2) is 0 Å². The minimum absolute atomic E-state index is 1.06. The molecule has 0 saturated heterocycles. The van der Waals surface area contributed by atoms with Crippen LogP contribution >= 0.6 is 0 Å². The van der Waals surface area contributed by atoms with E-state index < -0.39 is 0 Å². The van der Waals surface area contributed by atoms with Crippen LogP contribution < -0.4 is 0 Å². The molecule has 25 heavy (non-hydrogen) atoms. The van der Waals surface area contributed by atoms with Crippen LogP contribution in [0.1, 0.15) is 57.1 Å². The van der Waals surface area contributed by atoms with Gasteiger partial charge in [0.2, 0.25) is 0 Å². The number of rotatable bonds is 13. The standard InChI is InChI=1S/C20H35N5/c1-4-5-6-7-14-25(15-8-10-19-21-12-17-23(19)2)16-9-11-20-22-13-18-24(20)3/h12-13,17-18H,4-11,14-16H2,1-3H3. The highest BCUT2D eigenvalue weighted by molar-refractivity contribution is 4.92. The van der Waals surface area contributed by atoms with Gasteiger partial charge in [0.1, 0.15) is 11.6 Å². The first-order chi connectivity index (χ1) is 12.2. The highest BCUT2D eigenvalue weighted by Crippen LogP contribution is 2.07. The van der Waals surface area contributed by atoms with Crippen LogP contribution in [0.15, 0.2) is 24.8 Å². The summed E-state index contributed by atoms with van der Waals surface area (Å²) in [5.41, 5.74) is 0. The Morgan fingerprint density at radius 2 is 1.28 bits per heavy atom. The van der Waals surface area contributed by atoms with E-state index in [0.717, 1.165) is 12.8 Å². The monoisotopic (exact) mass is 345 g/mol. The Kier molecular flexibility index (Phi) is 8.73. The first-order valence-corrected chi connectivity index (χ1v) is 9.85. The Labute approximate surface area is 153 Å². The van der Waals surface area contributed by atoms with Gasteiger partial charge in [-0.3, -0.25) is 0 Å². The minimum atomic E-state index is 1.06. The number of aryl methyl sites for hydroxylation is 4. The number of imidazole rings is 2. The van der Waals surface area contributed by atoms with Crippen molar-refractivity contribution < 1.29 is 0 Å². The molecule has 5 heteroatoms. The van der Waals surface area contributed by atoms with Crippen molar-refractivity contribution >= 4 is 0 Å². The molecular formula is C20H35N5. The van der Waals surface area contributed by atoms with Crippen LogP contribution in [-0.2, 0) is 26.9 Å². The molecule has 2 aromatic rings. The molecule has 0 N–H and O–H groups in total. The second kappa shape index (κ2) is 11.1. The molecular weight excluding hydrogens is 310 g/mol. The molecule has 0 unspecified atom stereocenters. The number of aromatic nitrogens is 4. The fraction of sp³-hybridized carbons (Fsp3) is 0.700. The fourth-order valence-corrected chi connectivity index (χ4v) is 3.29. The van der Waals surface area contributed by atoms with E-state index in [4.69, 9.17) is 0 Å². The molecule has 0 atom stereocenters. The predicted molar refractivity (Wildman–Crippen MR) is 104 cm³/mol. The van der Waals surface area contributed by atoms with Crippen molar-refractivity contribution in [3.63, 3.8) is 0 Å². The quantitative estimate of drug-likeness (QED) is 0.521. The van der Waals surface area contributed by atoms with Crippen LogP contribution in [-0.4, -0.2) is 43.6 Å². The van der Waals surface area contributed by atoms with Gasteiger partial charge in [-0.25, -0.2) is 9.97 Å². The van der Waals surface area contributed by atoms with Crippen molar-refractivity contribution in [3.8, 4) is 0 Å². The van der Waals surface area contributed by atoms with E-state index in [0.29, 0.717) is 0 Å². The number of hydrogen-bond acceptors (Lipinski definition) is 3. The van der Waals surface area contributed by atoms with E-state index >= 15 is 0 Å². The molecule has 0 radical (unpaired) electrons. The molecule has 2 aromatic heterocycles. The van der Waals surface area contributed by atoms with Crippen LogP contribution in [0.2, 0.25) is 0 Å². The molecule has 0 aliphatic rings. The molecule has 2 heterocycles. The van der Waals surface area contributed by atoms with Gasteiger partial charge >= 0.3 is 0 Å². The highest BCUT2D eigenvalue weighted by atomic mass is 15.1. The zero-order valence-electron chi connectivity index (χ0n) is 16.3. The number of hydrogen-bond donors (Lipinski definition) is 0. The third-order valence-electron chi connectivity index (χ3n) is 4.92. The smallest absolute Gasteiger partial charge is 0.108 e. The zero-order valence-corrected chi connectivity index (χ0v) is 16.3. The Morgan fingerprint density at radius 1 is 0.760 bits per heavy atom. The summed E-state index contributed by atoms with van der Waals surface area (Å²) in [6.45, 7) is 5.83. The van der Waals surface area contributed by atoms with E-state index in [1.807, 2.05) is 24.8 Å². The minimum Gasteiger partial charge on any atom is -0.338 e. The summed E-state index contributed by atoms with van der Waals surface area (Å²) in [6.07, 6.45) is 17.7. The van der Waals surface area contributed by atoms with Crippen molar-refractivity contribution in [1.82, 2.24) is 24.0 Å².